The Hall–Kier alpha value is -2.41. The molecule has 0 aliphatic carbocycles. The molecule has 1 aromatic heterocycles. The number of ether oxygens (including phenoxy) is 1. The SMILES string of the molecule is CC(C)(C)OC(=O)N1CCN(c2ccc3oc(C(=O)O)cc3c2Cl)CC1. The molecule has 0 bridgehead atoms. The Bertz CT molecular complexity index is 847. The molecule has 26 heavy (non-hydrogen) atoms. The van der Waals surface area contributed by atoms with E-state index in [1.165, 1.54) is 6.07 Å². The second-order valence-corrected chi connectivity index (χ2v) is 7.56. The largest absolute Gasteiger partial charge is 0.475 e. The number of piperazine rings is 1. The van der Waals surface area contributed by atoms with Crippen LogP contribution in [-0.4, -0.2) is 53.8 Å². The van der Waals surface area contributed by atoms with Gasteiger partial charge < -0.3 is 24.1 Å². The van der Waals surface area contributed by atoms with E-state index in [1.54, 1.807) is 11.0 Å². The maximum Gasteiger partial charge on any atom is 0.410 e. The van der Waals surface area contributed by atoms with Gasteiger partial charge in [0.05, 0.1) is 10.7 Å². The summed E-state index contributed by atoms with van der Waals surface area (Å²) < 4.78 is 10.7. The second-order valence-electron chi connectivity index (χ2n) is 7.18. The molecule has 0 spiro atoms. The van der Waals surface area contributed by atoms with E-state index >= 15 is 0 Å². The van der Waals surface area contributed by atoms with E-state index in [0.717, 1.165) is 5.69 Å². The molecule has 140 valence electrons. The van der Waals surface area contributed by atoms with Crippen LogP contribution in [0.5, 0.6) is 0 Å². The van der Waals surface area contributed by atoms with Crippen molar-refractivity contribution < 1.29 is 23.8 Å². The number of fused-ring (bicyclic) bond motifs is 1. The molecule has 1 aliphatic heterocycles. The van der Waals surface area contributed by atoms with Crippen LogP contribution in [0.3, 0.4) is 0 Å². The van der Waals surface area contributed by atoms with Gasteiger partial charge in [0, 0.05) is 37.6 Å². The summed E-state index contributed by atoms with van der Waals surface area (Å²) in [5.41, 5.74) is 0.704. The molecule has 0 unspecified atom stereocenters. The summed E-state index contributed by atoms with van der Waals surface area (Å²) in [6.07, 6.45) is -0.320. The highest BCUT2D eigenvalue weighted by atomic mass is 35.5. The van der Waals surface area contributed by atoms with Gasteiger partial charge in [-0.05, 0) is 32.9 Å². The number of halogens is 1. The lowest BCUT2D eigenvalue weighted by Gasteiger charge is -2.37. The highest BCUT2D eigenvalue weighted by molar-refractivity contribution is 6.38. The molecule has 0 radical (unpaired) electrons. The number of carboxylic acid groups (broad SMARTS) is 1. The van der Waals surface area contributed by atoms with Gasteiger partial charge in [0.25, 0.3) is 0 Å². The van der Waals surface area contributed by atoms with E-state index in [9.17, 15) is 9.59 Å². The fourth-order valence-corrected chi connectivity index (χ4v) is 3.20. The Morgan fingerprint density at radius 3 is 2.42 bits per heavy atom. The van der Waals surface area contributed by atoms with Crippen LogP contribution in [0.15, 0.2) is 22.6 Å². The fourth-order valence-electron chi connectivity index (χ4n) is 2.87. The molecular formula is C18H21ClN2O5. The number of aromatic carboxylic acids is 1. The van der Waals surface area contributed by atoms with E-state index in [-0.39, 0.29) is 11.9 Å². The molecule has 0 saturated carbocycles. The number of benzene rings is 1. The number of carboxylic acids is 1. The molecule has 1 aromatic carbocycles. The quantitative estimate of drug-likeness (QED) is 0.852. The zero-order valence-corrected chi connectivity index (χ0v) is 15.7. The van der Waals surface area contributed by atoms with Gasteiger partial charge in [-0.1, -0.05) is 11.6 Å². The van der Waals surface area contributed by atoms with Crippen molar-refractivity contribution in [2.24, 2.45) is 0 Å². The van der Waals surface area contributed by atoms with Gasteiger partial charge in [-0.2, -0.15) is 0 Å². The third-order valence-corrected chi connectivity index (χ3v) is 4.49. The predicted octanol–water partition coefficient (Wildman–Crippen LogP) is 3.84. The van der Waals surface area contributed by atoms with Gasteiger partial charge in [-0.25, -0.2) is 9.59 Å². The van der Waals surface area contributed by atoms with Crippen molar-refractivity contribution in [1.82, 2.24) is 4.90 Å². The summed E-state index contributed by atoms with van der Waals surface area (Å²) in [4.78, 5) is 27.0. The van der Waals surface area contributed by atoms with Crippen molar-refractivity contribution in [2.45, 2.75) is 26.4 Å². The highest BCUT2D eigenvalue weighted by Gasteiger charge is 2.27. The van der Waals surface area contributed by atoms with Crippen LogP contribution in [0.2, 0.25) is 5.02 Å². The molecule has 8 heteroatoms. The molecule has 1 saturated heterocycles. The van der Waals surface area contributed by atoms with Crippen molar-refractivity contribution in [2.75, 3.05) is 31.1 Å². The lowest BCUT2D eigenvalue weighted by Crippen LogP contribution is -2.50. The Kier molecular flexibility index (Phi) is 4.75. The summed E-state index contributed by atoms with van der Waals surface area (Å²) in [5.74, 6) is -1.28. The smallest absolute Gasteiger partial charge is 0.410 e. The van der Waals surface area contributed by atoms with Gasteiger partial charge in [0.2, 0.25) is 5.76 Å². The van der Waals surface area contributed by atoms with Crippen molar-refractivity contribution in [1.29, 1.82) is 0 Å². The second kappa shape index (κ2) is 6.72. The highest BCUT2D eigenvalue weighted by Crippen LogP contribution is 2.35. The first-order valence-corrected chi connectivity index (χ1v) is 8.72. The number of carbonyl (C=O) groups is 2. The van der Waals surface area contributed by atoms with Gasteiger partial charge in [0.15, 0.2) is 0 Å². The Morgan fingerprint density at radius 2 is 1.85 bits per heavy atom. The number of rotatable bonds is 2. The van der Waals surface area contributed by atoms with Crippen molar-refractivity contribution in [3.8, 4) is 0 Å². The number of amides is 1. The van der Waals surface area contributed by atoms with Gasteiger partial charge in [-0.15, -0.1) is 0 Å². The average molecular weight is 381 g/mol. The van der Waals surface area contributed by atoms with Gasteiger partial charge in [0.1, 0.15) is 11.2 Å². The molecule has 3 rings (SSSR count). The van der Waals surface area contributed by atoms with Crippen LogP contribution >= 0.6 is 11.6 Å². The number of hydrogen-bond acceptors (Lipinski definition) is 5. The number of furan rings is 1. The Morgan fingerprint density at radius 1 is 1.19 bits per heavy atom. The number of carbonyl (C=O) groups excluding carboxylic acids is 1. The number of hydrogen-bond donors (Lipinski definition) is 1. The van der Waals surface area contributed by atoms with Crippen LogP contribution < -0.4 is 4.90 Å². The van der Waals surface area contributed by atoms with Crippen LogP contribution in [0.25, 0.3) is 11.0 Å². The maximum absolute atomic E-state index is 12.2. The average Bonchev–Trinajstić information content (AvgIpc) is 2.99. The molecule has 2 aromatic rings. The number of nitrogens with zero attached hydrogens (tertiary/aromatic N) is 2. The minimum atomic E-state index is -1.13. The third-order valence-electron chi connectivity index (χ3n) is 4.10. The van der Waals surface area contributed by atoms with Crippen LogP contribution in [0.1, 0.15) is 31.3 Å². The van der Waals surface area contributed by atoms with E-state index in [1.807, 2.05) is 26.8 Å². The molecule has 0 atom stereocenters. The fraction of sp³-hybridized carbons (Fsp3) is 0.444. The van der Waals surface area contributed by atoms with Crippen molar-refractivity contribution in [3.63, 3.8) is 0 Å². The lowest BCUT2D eigenvalue weighted by atomic mass is 10.2. The van der Waals surface area contributed by atoms with Crippen LogP contribution in [0.4, 0.5) is 10.5 Å². The summed E-state index contributed by atoms with van der Waals surface area (Å²) >= 11 is 6.48. The predicted molar refractivity (Wildman–Crippen MR) is 98.2 cm³/mol. The van der Waals surface area contributed by atoms with Crippen molar-refractivity contribution >= 4 is 40.3 Å². The first-order chi connectivity index (χ1) is 12.2. The summed E-state index contributed by atoms with van der Waals surface area (Å²) in [5, 5.41) is 10.1. The van der Waals surface area contributed by atoms with E-state index in [2.05, 4.69) is 4.90 Å². The molecule has 1 aliphatic rings. The lowest BCUT2D eigenvalue weighted by molar-refractivity contribution is 0.0240. The van der Waals surface area contributed by atoms with E-state index in [4.69, 9.17) is 25.9 Å². The monoisotopic (exact) mass is 380 g/mol. The zero-order chi connectivity index (χ0) is 19.1. The number of anilines is 1. The first kappa shape index (κ1) is 18.4. The standard InChI is InChI=1S/C18H21ClN2O5/c1-18(2,3)26-17(24)21-8-6-20(7-9-21)12-4-5-13-11(15(12)19)10-14(25-13)16(22)23/h4-5,10H,6-9H2,1-3H3,(H,22,23). The first-order valence-electron chi connectivity index (χ1n) is 8.34. The summed E-state index contributed by atoms with van der Waals surface area (Å²) in [6.45, 7) is 7.78. The van der Waals surface area contributed by atoms with Crippen LogP contribution in [0, 0.1) is 0 Å². The molecular weight excluding hydrogens is 360 g/mol. The minimum Gasteiger partial charge on any atom is -0.475 e. The molecule has 1 N–H and O–H groups in total. The van der Waals surface area contributed by atoms with Crippen LogP contribution in [-0.2, 0) is 4.74 Å². The van der Waals surface area contributed by atoms with E-state index in [0.29, 0.717) is 42.2 Å². The molecule has 1 amide bonds. The summed E-state index contributed by atoms with van der Waals surface area (Å²) in [7, 11) is 0. The Labute approximate surface area is 156 Å². The molecule has 2 heterocycles. The third kappa shape index (κ3) is 3.72. The van der Waals surface area contributed by atoms with E-state index < -0.39 is 11.6 Å². The van der Waals surface area contributed by atoms with Crippen molar-refractivity contribution in [3.05, 3.63) is 29.0 Å². The normalized spacial score (nSPS) is 15.4. The molecule has 1 fully saturated rings. The minimum absolute atomic E-state index is 0.145. The topological polar surface area (TPSA) is 83.2 Å². The zero-order valence-electron chi connectivity index (χ0n) is 14.9. The molecule has 7 nitrogen and oxygen atoms in total. The Balaban J connectivity index is 1.74. The maximum atomic E-state index is 12.2. The van der Waals surface area contributed by atoms with Gasteiger partial charge >= 0.3 is 12.1 Å². The summed E-state index contributed by atoms with van der Waals surface area (Å²) in [6, 6.07) is 4.95. The van der Waals surface area contributed by atoms with Gasteiger partial charge in [-0.3, -0.25) is 0 Å².